The first-order valence-corrected chi connectivity index (χ1v) is 18.1. The van der Waals surface area contributed by atoms with Gasteiger partial charge in [-0.15, -0.1) is 19.7 Å². The Labute approximate surface area is 296 Å². The number of nitrogens with two attached hydrogens (primary N) is 1. The van der Waals surface area contributed by atoms with E-state index >= 15 is 0 Å². The molecule has 0 heterocycles. The average Bonchev–Trinajstić information content (AvgIpc) is 2.97. The first-order chi connectivity index (χ1) is 21.8. The Balaban J connectivity index is -0.000000708. The summed E-state index contributed by atoms with van der Waals surface area (Å²) >= 11 is 0. The molecule has 0 aliphatic heterocycles. The molecule has 0 amide bonds. The quantitative estimate of drug-likeness (QED) is 0.161. The minimum absolute atomic E-state index is 0.239. The zero-order chi connectivity index (χ0) is 37.1. The van der Waals surface area contributed by atoms with Gasteiger partial charge in [-0.2, -0.15) is 0 Å². The fourth-order valence-corrected chi connectivity index (χ4v) is 4.76. The van der Waals surface area contributed by atoms with E-state index in [1.807, 2.05) is 33.8 Å². The van der Waals surface area contributed by atoms with Crippen molar-refractivity contribution in [2.45, 2.75) is 148 Å². The monoisotopic (exact) mass is 646 g/mol. The molecule has 0 aliphatic rings. The summed E-state index contributed by atoms with van der Waals surface area (Å²) in [5.74, 6) is 0.551. The number of hydrogen-bond donors (Lipinski definition) is 1. The molecule has 0 saturated heterocycles. The third-order valence-electron chi connectivity index (χ3n) is 7.37. The molecule has 2 aromatic rings. The van der Waals surface area contributed by atoms with Crippen molar-refractivity contribution >= 4 is 0 Å². The molecular formula is C46H79N. The summed E-state index contributed by atoms with van der Waals surface area (Å²) < 4.78 is 0. The van der Waals surface area contributed by atoms with Crippen molar-refractivity contribution < 1.29 is 0 Å². The van der Waals surface area contributed by atoms with Crippen molar-refractivity contribution in [2.75, 3.05) is 6.54 Å². The van der Waals surface area contributed by atoms with E-state index in [0.717, 1.165) is 38.6 Å². The highest BCUT2D eigenvalue weighted by atomic mass is 14.5. The molecule has 1 heteroatoms. The van der Waals surface area contributed by atoms with Crippen LogP contribution in [0.5, 0.6) is 0 Å². The van der Waals surface area contributed by atoms with E-state index in [4.69, 9.17) is 5.73 Å². The third kappa shape index (κ3) is 31.7. The van der Waals surface area contributed by atoms with Gasteiger partial charge in [0.1, 0.15) is 0 Å². The van der Waals surface area contributed by atoms with E-state index in [1.54, 1.807) is 0 Å². The maximum absolute atomic E-state index is 5.95. The molecule has 0 fully saturated rings. The van der Waals surface area contributed by atoms with Crippen LogP contribution in [0.2, 0.25) is 0 Å². The third-order valence-corrected chi connectivity index (χ3v) is 7.37. The number of benzene rings is 2. The summed E-state index contributed by atoms with van der Waals surface area (Å²) in [6, 6.07) is 17.4. The van der Waals surface area contributed by atoms with E-state index in [0.29, 0.717) is 11.3 Å². The van der Waals surface area contributed by atoms with Crippen LogP contribution in [0.1, 0.15) is 143 Å². The fourth-order valence-electron chi connectivity index (χ4n) is 4.76. The summed E-state index contributed by atoms with van der Waals surface area (Å²) in [5.41, 5.74) is 16.0. The van der Waals surface area contributed by atoms with Crippen LogP contribution >= 0.6 is 0 Å². The van der Waals surface area contributed by atoms with Crippen molar-refractivity contribution in [2.24, 2.45) is 22.5 Å². The summed E-state index contributed by atoms with van der Waals surface area (Å²) in [5, 5.41) is 0. The van der Waals surface area contributed by atoms with E-state index < -0.39 is 0 Å². The van der Waals surface area contributed by atoms with Gasteiger partial charge in [0.25, 0.3) is 0 Å². The largest absolute Gasteiger partial charge is 0.330 e. The highest BCUT2D eigenvalue weighted by Gasteiger charge is 2.32. The number of rotatable bonds is 14. The van der Waals surface area contributed by atoms with Crippen LogP contribution in [0.4, 0.5) is 0 Å². The van der Waals surface area contributed by atoms with Crippen LogP contribution in [-0.4, -0.2) is 6.54 Å². The maximum Gasteiger partial charge on any atom is -0.00512 e. The van der Waals surface area contributed by atoms with Crippen LogP contribution in [0.3, 0.4) is 0 Å². The van der Waals surface area contributed by atoms with Crippen LogP contribution < -0.4 is 5.73 Å². The van der Waals surface area contributed by atoms with Gasteiger partial charge in [-0.1, -0.05) is 138 Å². The van der Waals surface area contributed by atoms with Crippen molar-refractivity contribution in [3.63, 3.8) is 0 Å². The Morgan fingerprint density at radius 3 is 1.72 bits per heavy atom. The summed E-state index contributed by atoms with van der Waals surface area (Å²) in [7, 11) is 0. The van der Waals surface area contributed by atoms with Crippen molar-refractivity contribution in [1.29, 1.82) is 0 Å². The van der Waals surface area contributed by atoms with E-state index in [2.05, 4.69) is 137 Å². The Kier molecular flexibility index (Phi) is 29.4. The normalized spacial score (nSPS) is 12.0. The van der Waals surface area contributed by atoms with Gasteiger partial charge in [-0.3, -0.25) is 0 Å². The Bertz CT molecular complexity index is 1070. The lowest BCUT2D eigenvalue weighted by Gasteiger charge is -2.38. The van der Waals surface area contributed by atoms with Gasteiger partial charge >= 0.3 is 0 Å². The van der Waals surface area contributed by atoms with Crippen molar-refractivity contribution in [3.8, 4) is 0 Å². The van der Waals surface area contributed by atoms with Gasteiger partial charge in [0.15, 0.2) is 0 Å². The molecule has 0 radical (unpaired) electrons. The highest BCUT2D eigenvalue weighted by Crippen LogP contribution is 2.43. The molecule has 1 unspecified atom stereocenters. The van der Waals surface area contributed by atoms with Crippen LogP contribution in [0.25, 0.3) is 0 Å². The Morgan fingerprint density at radius 1 is 0.830 bits per heavy atom. The lowest BCUT2D eigenvalue weighted by Crippen LogP contribution is -2.28. The van der Waals surface area contributed by atoms with Gasteiger partial charge < -0.3 is 5.73 Å². The SMILES string of the molecule is C=C(C)C.C=C(C)C.C=CCCCCC(CC)(C[C@@H](C)CN)C(=C)CCc1ccccc1C.CC(C)(C)C.CCc1ccc(C)cc1. The molecule has 2 rings (SSSR count). The topological polar surface area (TPSA) is 26.0 Å². The second kappa shape index (κ2) is 28.4. The first kappa shape index (κ1) is 48.8. The zero-order valence-electron chi connectivity index (χ0n) is 33.8. The molecule has 47 heavy (non-hydrogen) atoms. The second-order valence-electron chi connectivity index (χ2n) is 15.5. The molecule has 0 bridgehead atoms. The van der Waals surface area contributed by atoms with E-state index in [9.17, 15) is 0 Å². The molecule has 0 aliphatic carbocycles. The van der Waals surface area contributed by atoms with Gasteiger partial charge in [0, 0.05) is 0 Å². The molecule has 2 aromatic carbocycles. The summed E-state index contributed by atoms with van der Waals surface area (Å²) in [6.07, 6.45) is 12.5. The summed E-state index contributed by atoms with van der Waals surface area (Å²) in [4.78, 5) is 0. The minimum atomic E-state index is 0.239. The minimum Gasteiger partial charge on any atom is -0.330 e. The molecule has 0 spiro atoms. The number of hydrogen-bond acceptors (Lipinski definition) is 1. The maximum atomic E-state index is 5.95. The average molecular weight is 646 g/mol. The van der Waals surface area contributed by atoms with Gasteiger partial charge in [-0.25, -0.2) is 0 Å². The molecule has 0 aromatic heterocycles. The van der Waals surface area contributed by atoms with Crippen LogP contribution in [0.15, 0.2) is 97.6 Å². The summed E-state index contributed by atoms with van der Waals surface area (Å²) in [6.45, 7) is 44.0. The Hall–Kier alpha value is -2.64. The molecule has 2 atom stereocenters. The molecule has 268 valence electrons. The number of unbranched alkanes of at least 4 members (excludes halogenated alkanes) is 2. The van der Waals surface area contributed by atoms with Crippen LogP contribution in [-0.2, 0) is 12.8 Å². The van der Waals surface area contributed by atoms with Crippen molar-refractivity contribution in [1.82, 2.24) is 0 Å². The lowest BCUT2D eigenvalue weighted by atomic mass is 9.67. The zero-order valence-corrected chi connectivity index (χ0v) is 33.8. The molecule has 0 saturated carbocycles. The predicted molar refractivity (Wildman–Crippen MR) is 220 cm³/mol. The highest BCUT2D eigenvalue weighted by molar-refractivity contribution is 5.27. The van der Waals surface area contributed by atoms with Gasteiger partial charge in [0.05, 0.1) is 0 Å². The van der Waals surface area contributed by atoms with Gasteiger partial charge in [-0.05, 0) is 133 Å². The van der Waals surface area contributed by atoms with Crippen molar-refractivity contribution in [3.05, 3.63) is 120 Å². The lowest BCUT2D eigenvalue weighted by molar-refractivity contribution is 0.232. The molecule has 1 nitrogen and oxygen atoms in total. The number of aryl methyl sites for hydroxylation is 4. The van der Waals surface area contributed by atoms with Crippen LogP contribution in [0, 0.1) is 30.6 Å². The van der Waals surface area contributed by atoms with E-state index in [1.165, 1.54) is 64.7 Å². The van der Waals surface area contributed by atoms with Gasteiger partial charge in [0.2, 0.25) is 0 Å². The number of allylic oxidation sites excluding steroid dienone is 4. The predicted octanol–water partition coefficient (Wildman–Crippen LogP) is 14.4. The molecular weight excluding hydrogens is 567 g/mol. The Morgan fingerprint density at radius 2 is 1.32 bits per heavy atom. The second-order valence-corrected chi connectivity index (χ2v) is 15.5. The fraction of sp³-hybridized carbons (Fsp3) is 0.565. The first-order valence-electron chi connectivity index (χ1n) is 18.1. The smallest absolute Gasteiger partial charge is 0.00512 e. The standard InChI is InChI=1S/C24H39N.C9H12.C5H12.2C4H8/c1-6-8-9-12-17-24(7-2,18-20(3)19-25)22(5)15-16-23-14-11-10-13-21(23)4;1-3-9-6-4-8(2)5-7-9;1-5(2,3)4;2*1-4(2)3/h6,10-11,13-14,20H,1,5,7-9,12,15-19,25H2,2-4H3;4-7H,3H2,1-2H3;1-4H3;2*1H2,2-3H3/t20-,24?;;;;/m1..../s1. The molecule has 2 N–H and O–H groups in total. The van der Waals surface area contributed by atoms with E-state index in [-0.39, 0.29) is 5.41 Å².